The van der Waals surface area contributed by atoms with Gasteiger partial charge in [-0.3, -0.25) is 9.69 Å². The Morgan fingerprint density at radius 3 is 2.74 bits per heavy atom. The minimum atomic E-state index is -1.05. The molecule has 2 fully saturated rings. The Hall–Kier alpha value is -4.05. The molecule has 1 unspecified atom stereocenters. The van der Waals surface area contributed by atoms with Gasteiger partial charge in [-0.1, -0.05) is 36.4 Å². The summed E-state index contributed by atoms with van der Waals surface area (Å²) in [4.78, 5) is 29.9. The Morgan fingerprint density at radius 2 is 1.98 bits per heavy atom. The highest BCUT2D eigenvalue weighted by Gasteiger charge is 2.36. The lowest BCUT2D eigenvalue weighted by molar-refractivity contribution is -0.131. The minimum Gasteiger partial charge on any atom is -0.462 e. The van der Waals surface area contributed by atoms with Crippen LogP contribution in [0, 0.1) is 23.1 Å². The van der Waals surface area contributed by atoms with Crippen LogP contribution in [-0.2, 0) is 22.5 Å². The smallest absolute Gasteiger partial charge is 0.318 e. The molecule has 13 heteroatoms. The molecule has 6 rings (SSSR count). The van der Waals surface area contributed by atoms with Crippen LogP contribution in [0.3, 0.4) is 0 Å². The van der Waals surface area contributed by atoms with E-state index in [-0.39, 0.29) is 37.4 Å². The van der Waals surface area contributed by atoms with Crippen LogP contribution in [0.4, 0.5) is 20.3 Å². The normalized spacial score (nSPS) is 21.5. The van der Waals surface area contributed by atoms with E-state index in [2.05, 4.69) is 24.6 Å². The summed E-state index contributed by atoms with van der Waals surface area (Å²) >= 11 is 6.61. The number of carbonyl (C=O) groups is 1. The Balaban J connectivity index is 1.36. The first-order valence-corrected chi connectivity index (χ1v) is 16.2. The molecule has 4 heterocycles. The Morgan fingerprint density at radius 1 is 1.15 bits per heavy atom. The van der Waals surface area contributed by atoms with Crippen molar-refractivity contribution in [1.29, 1.82) is 5.26 Å². The number of ether oxygens (including phenoxy) is 2. The number of amides is 1. The summed E-state index contributed by atoms with van der Waals surface area (Å²) in [5.74, 6) is -1.29. The first kappa shape index (κ1) is 32.9. The molecule has 10 nitrogen and oxygen atoms in total. The molecular weight excluding hydrogens is 628 g/mol. The second-order valence-electron chi connectivity index (χ2n) is 12.4. The van der Waals surface area contributed by atoms with Gasteiger partial charge in [0.15, 0.2) is 5.83 Å². The van der Waals surface area contributed by atoms with E-state index in [1.165, 1.54) is 11.0 Å². The summed E-state index contributed by atoms with van der Waals surface area (Å²) in [6.45, 7) is 6.69. The van der Waals surface area contributed by atoms with E-state index in [1.807, 2.05) is 21.9 Å². The molecule has 0 bridgehead atoms. The van der Waals surface area contributed by atoms with Gasteiger partial charge in [-0.15, -0.1) is 0 Å². The van der Waals surface area contributed by atoms with E-state index in [0.29, 0.717) is 72.8 Å². The number of carbonyl (C=O) groups excluding carboxylic acids is 1. The number of benzene rings is 2. The highest BCUT2D eigenvalue weighted by Crippen LogP contribution is 2.39. The van der Waals surface area contributed by atoms with Gasteiger partial charge in [0.2, 0.25) is 0 Å². The first-order chi connectivity index (χ1) is 22.7. The van der Waals surface area contributed by atoms with Crippen LogP contribution in [0.1, 0.15) is 24.1 Å². The van der Waals surface area contributed by atoms with Gasteiger partial charge < -0.3 is 24.2 Å². The summed E-state index contributed by atoms with van der Waals surface area (Å²) in [5.41, 5.74) is 2.01. The van der Waals surface area contributed by atoms with Gasteiger partial charge in [0.1, 0.15) is 18.2 Å². The molecule has 3 aromatic rings. The average Bonchev–Trinajstić information content (AvgIpc) is 3.41. The predicted molar refractivity (Wildman–Crippen MR) is 176 cm³/mol. The molecule has 3 aliphatic heterocycles. The molecule has 1 aromatic heterocycles. The zero-order chi connectivity index (χ0) is 33.2. The molecule has 0 aliphatic carbocycles. The predicted octanol–water partition coefficient (Wildman–Crippen LogP) is 4.74. The first-order valence-electron chi connectivity index (χ1n) is 15.8. The van der Waals surface area contributed by atoms with Crippen LogP contribution in [-0.4, -0.2) is 97.9 Å². The lowest BCUT2D eigenvalue weighted by atomic mass is 10.0. The van der Waals surface area contributed by atoms with E-state index in [9.17, 15) is 14.4 Å². The van der Waals surface area contributed by atoms with E-state index in [1.54, 1.807) is 19.2 Å². The number of anilines is 2. The third-order valence-corrected chi connectivity index (χ3v) is 9.90. The molecule has 2 saturated heterocycles. The van der Waals surface area contributed by atoms with Crippen molar-refractivity contribution >= 4 is 39.8 Å². The number of hydrogen-bond acceptors (Lipinski definition) is 9. The van der Waals surface area contributed by atoms with Gasteiger partial charge in [0.05, 0.1) is 48.1 Å². The van der Waals surface area contributed by atoms with Gasteiger partial charge in [-0.05, 0) is 44.0 Å². The lowest BCUT2D eigenvalue weighted by Crippen LogP contribution is -2.55. The fraction of sp³-hybridized carbons (Fsp3) is 0.471. The molecule has 248 valence electrons. The molecule has 3 atom stereocenters. The summed E-state index contributed by atoms with van der Waals surface area (Å²) in [6, 6.07) is 10.6. The van der Waals surface area contributed by atoms with Crippen molar-refractivity contribution < 1.29 is 23.0 Å². The second-order valence-corrected chi connectivity index (χ2v) is 12.8. The fourth-order valence-electron chi connectivity index (χ4n) is 7.18. The number of nitriles is 1. The van der Waals surface area contributed by atoms with Crippen molar-refractivity contribution in [2.75, 3.05) is 69.9 Å². The molecule has 0 radical (unpaired) electrons. The minimum absolute atomic E-state index is 0.0238. The number of piperazine rings is 1. The maximum absolute atomic E-state index is 15.5. The molecular formula is C34H38ClF2N7O3. The van der Waals surface area contributed by atoms with Gasteiger partial charge >= 0.3 is 6.01 Å². The van der Waals surface area contributed by atoms with E-state index in [4.69, 9.17) is 31.0 Å². The second kappa shape index (κ2) is 14.0. The van der Waals surface area contributed by atoms with Crippen LogP contribution in [0.15, 0.2) is 42.7 Å². The number of aromatic nitrogens is 2. The molecule has 0 N–H and O–H groups in total. The third-order valence-electron chi connectivity index (χ3n) is 9.59. The van der Waals surface area contributed by atoms with Crippen LogP contribution >= 0.6 is 11.6 Å². The van der Waals surface area contributed by atoms with Crippen LogP contribution in [0.5, 0.6) is 6.01 Å². The van der Waals surface area contributed by atoms with Crippen molar-refractivity contribution in [2.24, 2.45) is 5.92 Å². The van der Waals surface area contributed by atoms with E-state index < -0.39 is 17.8 Å². The zero-order valence-electron chi connectivity index (χ0n) is 26.6. The lowest BCUT2D eigenvalue weighted by Gasteiger charge is -2.42. The van der Waals surface area contributed by atoms with Crippen molar-refractivity contribution in [3.05, 3.63) is 64.8 Å². The van der Waals surface area contributed by atoms with Crippen LogP contribution in [0.25, 0.3) is 10.8 Å². The molecule has 2 aromatic carbocycles. The number of fused-ring (bicyclic) bond motifs is 2. The van der Waals surface area contributed by atoms with E-state index >= 15 is 4.39 Å². The Labute approximate surface area is 278 Å². The standard InChI is InChI=1S/C34H38ClF2N7O3/c1-21(36)33(45)44-16-15-43(17-24(44)9-12-38)32-25-11-14-42(31-27(37)8-7-22-5-4-6-26(35)30(22)31)18-28(25)39-34(40-32)47-20-29-23(19-46-3)10-13-41(29)2/h4-8,23-24,29H,1,9-11,13-20H2,2-3H3/t23-,24+,29?/m1/s1. The number of hydrogen-bond donors (Lipinski definition) is 0. The van der Waals surface area contributed by atoms with Crippen molar-refractivity contribution in [2.45, 2.75) is 37.9 Å². The topological polar surface area (TPSA) is 98.1 Å². The summed E-state index contributed by atoms with van der Waals surface area (Å²) < 4.78 is 41.2. The maximum atomic E-state index is 15.5. The molecule has 47 heavy (non-hydrogen) atoms. The number of nitrogens with zero attached hydrogens (tertiary/aromatic N) is 7. The zero-order valence-corrected chi connectivity index (χ0v) is 27.3. The number of methoxy groups -OCH3 is 1. The van der Waals surface area contributed by atoms with Crippen molar-refractivity contribution in [3.63, 3.8) is 0 Å². The van der Waals surface area contributed by atoms with Gasteiger partial charge in [0, 0.05) is 56.2 Å². The van der Waals surface area contributed by atoms with Crippen LogP contribution in [0.2, 0.25) is 5.02 Å². The van der Waals surface area contributed by atoms with Crippen molar-refractivity contribution in [1.82, 2.24) is 19.8 Å². The summed E-state index contributed by atoms with van der Waals surface area (Å²) in [5, 5.41) is 11.5. The van der Waals surface area contributed by atoms with Gasteiger partial charge in [-0.2, -0.15) is 15.2 Å². The molecule has 1 amide bonds. The van der Waals surface area contributed by atoms with E-state index in [0.717, 1.165) is 23.9 Å². The summed E-state index contributed by atoms with van der Waals surface area (Å²) in [6.07, 6.45) is 1.53. The molecule has 3 aliphatic rings. The highest BCUT2D eigenvalue weighted by atomic mass is 35.5. The largest absolute Gasteiger partial charge is 0.462 e. The number of likely N-dealkylation sites (N-methyl/N-ethyl adjacent to an activating group) is 1. The Kier molecular flexibility index (Phi) is 9.77. The molecule has 0 saturated carbocycles. The quantitative estimate of drug-likeness (QED) is 0.300. The number of likely N-dealkylation sites (tertiary alicyclic amines) is 1. The van der Waals surface area contributed by atoms with Gasteiger partial charge in [-0.25, -0.2) is 8.78 Å². The monoisotopic (exact) mass is 665 g/mol. The number of rotatable bonds is 9. The SMILES string of the molecule is C=C(F)C(=O)N1CCN(c2nc(OCC3[C@@H](COC)CCN3C)nc3c2CCN(c2c(F)ccc4cccc(Cl)c24)C3)C[C@@H]1CC#N. The number of halogens is 3. The van der Waals surface area contributed by atoms with Crippen molar-refractivity contribution in [3.8, 4) is 12.1 Å². The van der Waals surface area contributed by atoms with Crippen LogP contribution < -0.4 is 14.5 Å². The third kappa shape index (κ3) is 6.57. The average molecular weight is 666 g/mol. The van der Waals surface area contributed by atoms with Gasteiger partial charge in [0.25, 0.3) is 5.91 Å². The summed E-state index contributed by atoms with van der Waals surface area (Å²) in [7, 11) is 3.76. The Bertz CT molecular complexity index is 1720. The molecule has 0 spiro atoms. The highest BCUT2D eigenvalue weighted by molar-refractivity contribution is 6.36. The fourth-order valence-corrected chi connectivity index (χ4v) is 7.45. The maximum Gasteiger partial charge on any atom is 0.318 e.